The van der Waals surface area contributed by atoms with Crippen molar-refractivity contribution in [2.24, 2.45) is 0 Å². The summed E-state index contributed by atoms with van der Waals surface area (Å²) in [6.45, 7) is 0. The molecule has 2 N–H and O–H groups in total. The quantitative estimate of drug-likeness (QED) is 0.134. The molecule has 0 spiro atoms. The number of imidazole rings is 2. The van der Waals surface area contributed by atoms with Crippen LogP contribution in [0.4, 0.5) is 0 Å². The summed E-state index contributed by atoms with van der Waals surface area (Å²) in [5.74, 6) is 0.322. The highest BCUT2D eigenvalue weighted by molar-refractivity contribution is 5.83. The van der Waals surface area contributed by atoms with Crippen LogP contribution in [0.2, 0.25) is 0 Å². The first kappa shape index (κ1) is 43.4. The molecule has 338 valence electrons. The number of nitrogens with zero attached hydrogens (tertiary/aromatic N) is 6. The highest BCUT2D eigenvalue weighted by Gasteiger charge is 2.20. The molecule has 0 atom stereocenters. The summed E-state index contributed by atoms with van der Waals surface area (Å²) >= 11 is 0. The standard InChI is InChI=1S/C32H25N3O.C30H23N3O/c36-32-29(21-24-16-18-26(19-17-24)25-12-6-2-7-13-25)34-31-28(20-23-10-4-1-5-11-23)33-30(22-35(31)32)27-14-8-3-9-15-27;34-30-27(19-22-15-16-23-11-7-8-14-25(23)17-22)32-29-26(18-21-9-3-1-4-10-21)31-28(20-33(29)30)24-12-5-2-6-13-24/h1-19,22,36H,20-21H2;1-17,20,34H,18-19H2. The topological polar surface area (TPSA) is 101 Å². The lowest BCUT2D eigenvalue weighted by Gasteiger charge is -2.08. The van der Waals surface area contributed by atoms with Crippen molar-refractivity contribution in [3.63, 3.8) is 0 Å². The van der Waals surface area contributed by atoms with Gasteiger partial charge in [-0.15, -0.1) is 0 Å². The van der Waals surface area contributed by atoms with E-state index in [1.54, 1.807) is 8.80 Å². The van der Waals surface area contributed by atoms with E-state index in [-0.39, 0.29) is 11.8 Å². The van der Waals surface area contributed by atoms with Crippen LogP contribution in [-0.4, -0.2) is 39.0 Å². The number of benzene rings is 8. The Morgan fingerprint density at radius 3 is 1.14 bits per heavy atom. The molecule has 0 aliphatic carbocycles. The number of fused-ring (bicyclic) bond motifs is 3. The fraction of sp³-hybridized carbons (Fsp3) is 0.0645. The van der Waals surface area contributed by atoms with Crippen LogP contribution in [-0.2, 0) is 25.7 Å². The van der Waals surface area contributed by atoms with Crippen LogP contribution in [0.15, 0.2) is 231 Å². The van der Waals surface area contributed by atoms with Crippen molar-refractivity contribution in [1.82, 2.24) is 28.7 Å². The largest absolute Gasteiger partial charge is 0.493 e. The highest BCUT2D eigenvalue weighted by Crippen LogP contribution is 2.31. The van der Waals surface area contributed by atoms with Crippen LogP contribution in [0.3, 0.4) is 0 Å². The van der Waals surface area contributed by atoms with Gasteiger partial charge in [-0.05, 0) is 44.2 Å². The zero-order valence-corrected chi connectivity index (χ0v) is 38.3. The van der Waals surface area contributed by atoms with Crippen LogP contribution < -0.4 is 0 Å². The zero-order chi connectivity index (χ0) is 47.2. The van der Waals surface area contributed by atoms with Gasteiger partial charge >= 0.3 is 0 Å². The molecule has 4 heterocycles. The molecule has 0 fully saturated rings. The first-order valence-corrected chi connectivity index (χ1v) is 23.5. The van der Waals surface area contributed by atoms with E-state index in [0.29, 0.717) is 48.4 Å². The molecular formula is C62H48N6O2. The van der Waals surface area contributed by atoms with Crippen molar-refractivity contribution in [2.75, 3.05) is 0 Å². The predicted molar refractivity (Wildman–Crippen MR) is 280 cm³/mol. The second-order valence-electron chi connectivity index (χ2n) is 17.5. The lowest BCUT2D eigenvalue weighted by molar-refractivity contribution is 0.442. The molecule has 0 saturated heterocycles. The molecule has 8 heteroatoms. The fourth-order valence-corrected chi connectivity index (χ4v) is 9.02. The highest BCUT2D eigenvalue weighted by atomic mass is 16.3. The van der Waals surface area contributed by atoms with E-state index in [2.05, 4.69) is 91.0 Å². The average molecular weight is 909 g/mol. The van der Waals surface area contributed by atoms with Crippen molar-refractivity contribution < 1.29 is 10.2 Å². The van der Waals surface area contributed by atoms with Crippen molar-refractivity contribution in [3.8, 4) is 45.4 Å². The molecule has 12 rings (SSSR count). The van der Waals surface area contributed by atoms with Gasteiger partial charge in [-0.1, -0.05) is 218 Å². The third-order valence-corrected chi connectivity index (χ3v) is 12.6. The van der Waals surface area contributed by atoms with Gasteiger partial charge in [0.05, 0.1) is 22.8 Å². The number of hydrogen-bond donors (Lipinski definition) is 2. The van der Waals surface area contributed by atoms with Crippen molar-refractivity contribution in [3.05, 3.63) is 276 Å². The summed E-state index contributed by atoms with van der Waals surface area (Å²) in [4.78, 5) is 19.7. The summed E-state index contributed by atoms with van der Waals surface area (Å²) < 4.78 is 3.56. The van der Waals surface area contributed by atoms with E-state index in [1.807, 2.05) is 140 Å². The number of hydrogen-bond acceptors (Lipinski definition) is 6. The van der Waals surface area contributed by atoms with Crippen molar-refractivity contribution in [1.29, 1.82) is 0 Å². The minimum Gasteiger partial charge on any atom is -0.493 e. The Labute approximate surface area is 406 Å². The molecule has 0 aliphatic heterocycles. The second-order valence-corrected chi connectivity index (χ2v) is 17.5. The van der Waals surface area contributed by atoms with Crippen LogP contribution in [0.5, 0.6) is 11.8 Å². The van der Waals surface area contributed by atoms with Crippen molar-refractivity contribution >= 4 is 22.1 Å². The maximum atomic E-state index is 11.2. The molecule has 0 saturated carbocycles. The van der Waals surface area contributed by atoms with Gasteiger partial charge in [0.1, 0.15) is 11.4 Å². The predicted octanol–water partition coefficient (Wildman–Crippen LogP) is 13.4. The third-order valence-electron chi connectivity index (χ3n) is 12.6. The van der Waals surface area contributed by atoms with Gasteiger partial charge in [0.25, 0.3) is 0 Å². The normalized spacial score (nSPS) is 11.2. The molecular weight excluding hydrogens is 861 g/mol. The van der Waals surface area contributed by atoms with E-state index >= 15 is 0 Å². The minimum absolute atomic E-state index is 0.158. The summed E-state index contributed by atoms with van der Waals surface area (Å²) in [5.41, 5.74) is 14.8. The Morgan fingerprint density at radius 1 is 0.300 bits per heavy atom. The SMILES string of the molecule is Oc1c(Cc2ccc(-c3ccccc3)cc2)nc2c(Cc3ccccc3)nc(-c3ccccc3)cn12.Oc1c(Cc2ccc3ccccc3c2)nc2c(Cc3ccccc3)nc(-c3ccccc3)cn12. The Kier molecular flexibility index (Phi) is 12.2. The number of aromatic nitrogens is 6. The van der Waals surface area contributed by atoms with Crippen LogP contribution in [0.25, 0.3) is 55.7 Å². The Morgan fingerprint density at radius 2 is 0.657 bits per heavy atom. The maximum Gasteiger partial charge on any atom is 0.219 e. The summed E-state index contributed by atoms with van der Waals surface area (Å²) in [5, 5.41) is 24.8. The first-order valence-electron chi connectivity index (χ1n) is 23.5. The minimum atomic E-state index is 0.158. The molecule has 0 bridgehead atoms. The van der Waals surface area contributed by atoms with Gasteiger partial charge in [-0.25, -0.2) is 19.9 Å². The van der Waals surface area contributed by atoms with E-state index in [4.69, 9.17) is 19.9 Å². The van der Waals surface area contributed by atoms with Gasteiger partial charge in [0.2, 0.25) is 11.8 Å². The molecule has 4 aromatic heterocycles. The van der Waals surface area contributed by atoms with Gasteiger partial charge in [0.15, 0.2) is 11.3 Å². The lowest BCUT2D eigenvalue weighted by atomic mass is 10.0. The average Bonchev–Trinajstić information content (AvgIpc) is 3.91. The van der Waals surface area contributed by atoms with Crippen molar-refractivity contribution in [2.45, 2.75) is 25.7 Å². The second kappa shape index (κ2) is 19.6. The summed E-state index contributed by atoms with van der Waals surface area (Å²) in [6.07, 6.45) is 6.11. The lowest BCUT2D eigenvalue weighted by Crippen LogP contribution is -2.00. The monoisotopic (exact) mass is 908 g/mol. The van der Waals surface area contributed by atoms with Crippen LogP contribution >= 0.6 is 0 Å². The molecule has 8 aromatic carbocycles. The van der Waals surface area contributed by atoms with Gasteiger partial charge < -0.3 is 10.2 Å². The molecule has 12 aromatic rings. The smallest absolute Gasteiger partial charge is 0.219 e. The molecule has 0 aliphatic rings. The molecule has 0 amide bonds. The van der Waals surface area contributed by atoms with Gasteiger partial charge in [-0.2, -0.15) is 0 Å². The molecule has 0 radical (unpaired) electrons. The first-order chi connectivity index (χ1) is 34.5. The Hall–Kier alpha value is -9.14. The van der Waals surface area contributed by atoms with E-state index < -0.39 is 0 Å². The number of aromatic hydroxyl groups is 2. The maximum absolute atomic E-state index is 11.2. The zero-order valence-electron chi connectivity index (χ0n) is 38.3. The Bertz CT molecular complexity index is 3710. The van der Waals surface area contributed by atoms with Gasteiger partial charge in [0, 0.05) is 49.2 Å². The van der Waals surface area contributed by atoms with E-state index in [9.17, 15) is 10.2 Å². The third kappa shape index (κ3) is 9.39. The summed E-state index contributed by atoms with van der Waals surface area (Å²) in [6, 6.07) is 74.0. The van der Waals surface area contributed by atoms with E-state index in [1.165, 1.54) is 21.9 Å². The molecule has 8 nitrogen and oxygen atoms in total. The number of rotatable bonds is 11. The van der Waals surface area contributed by atoms with Gasteiger partial charge in [-0.3, -0.25) is 8.80 Å². The molecule has 0 unspecified atom stereocenters. The fourth-order valence-electron chi connectivity index (χ4n) is 9.02. The molecule has 70 heavy (non-hydrogen) atoms. The van der Waals surface area contributed by atoms with Crippen LogP contribution in [0, 0.1) is 0 Å². The van der Waals surface area contributed by atoms with Crippen LogP contribution in [0.1, 0.15) is 45.0 Å². The summed E-state index contributed by atoms with van der Waals surface area (Å²) in [7, 11) is 0. The van der Waals surface area contributed by atoms with E-state index in [0.717, 1.165) is 56.2 Å². The Balaban J connectivity index is 0.000000153.